The molecule has 1 aromatic rings. The van der Waals surface area contributed by atoms with Crippen LogP contribution >= 0.6 is 0 Å². The highest BCUT2D eigenvalue weighted by atomic mass is 19.4. The van der Waals surface area contributed by atoms with Gasteiger partial charge in [-0.05, 0) is 11.6 Å². The highest BCUT2D eigenvalue weighted by Gasteiger charge is 2.34. The fourth-order valence-corrected chi connectivity index (χ4v) is 0.924. The van der Waals surface area contributed by atoms with Crippen LogP contribution in [0.4, 0.5) is 13.2 Å². The van der Waals surface area contributed by atoms with E-state index in [1.807, 2.05) is 0 Å². The van der Waals surface area contributed by atoms with E-state index in [1.165, 1.54) is 6.08 Å². The molecule has 0 spiro atoms. The molecule has 0 aliphatic carbocycles. The van der Waals surface area contributed by atoms with Gasteiger partial charge in [-0.3, -0.25) is 0 Å². The fourth-order valence-electron chi connectivity index (χ4n) is 0.924. The maximum atomic E-state index is 12.1. The summed E-state index contributed by atoms with van der Waals surface area (Å²) in [6.07, 6.45) is -2.70. The second-order valence-electron chi connectivity index (χ2n) is 2.73. The molecule has 0 unspecified atom stereocenters. The predicted octanol–water partition coefficient (Wildman–Crippen LogP) is 3.09. The Kier molecular flexibility index (Phi) is 3.49. The van der Waals surface area contributed by atoms with E-state index < -0.39 is 11.9 Å². The Morgan fingerprint density at radius 1 is 1.20 bits per heavy atom. The molecule has 0 aliphatic rings. The van der Waals surface area contributed by atoms with E-state index in [4.69, 9.17) is 5.21 Å². The molecule has 0 aromatic heterocycles. The number of nitrogens with zero attached hydrogens (tertiary/aromatic N) is 1. The molecule has 2 nitrogen and oxygen atoms in total. The highest BCUT2D eigenvalue weighted by Crippen LogP contribution is 2.18. The van der Waals surface area contributed by atoms with E-state index in [-0.39, 0.29) is 0 Å². The third kappa shape index (κ3) is 3.46. The normalized spacial score (nSPS) is 13.4. The number of benzene rings is 1. The lowest BCUT2D eigenvalue weighted by molar-refractivity contribution is -0.0596. The lowest BCUT2D eigenvalue weighted by Gasteiger charge is -2.02. The number of alkyl halides is 3. The number of rotatable bonds is 2. The molecule has 1 N–H and O–H groups in total. The molecule has 0 heterocycles. The highest BCUT2D eigenvalue weighted by molar-refractivity contribution is 6.01. The molecule has 0 atom stereocenters. The minimum Gasteiger partial charge on any atom is -0.410 e. The molecule has 0 saturated carbocycles. The molecule has 15 heavy (non-hydrogen) atoms. The van der Waals surface area contributed by atoms with Gasteiger partial charge in [0.05, 0.1) is 0 Å². The van der Waals surface area contributed by atoms with Gasteiger partial charge in [-0.25, -0.2) is 0 Å². The molecule has 0 bridgehead atoms. The summed E-state index contributed by atoms with van der Waals surface area (Å²) < 4.78 is 36.2. The van der Waals surface area contributed by atoms with Crippen LogP contribution in [-0.2, 0) is 0 Å². The van der Waals surface area contributed by atoms with Crippen molar-refractivity contribution in [2.24, 2.45) is 5.16 Å². The summed E-state index contributed by atoms with van der Waals surface area (Å²) in [6.45, 7) is 0. The van der Waals surface area contributed by atoms with Gasteiger partial charge in [0.2, 0.25) is 0 Å². The Labute approximate surface area is 84.3 Å². The molecule has 0 saturated heterocycles. The van der Waals surface area contributed by atoms with Gasteiger partial charge >= 0.3 is 6.18 Å². The number of hydrogen-bond acceptors (Lipinski definition) is 2. The first kappa shape index (κ1) is 11.3. The summed E-state index contributed by atoms with van der Waals surface area (Å²) >= 11 is 0. The van der Waals surface area contributed by atoms with Crippen molar-refractivity contribution in [3.05, 3.63) is 42.0 Å². The molecule has 0 aliphatic heterocycles. The topological polar surface area (TPSA) is 32.6 Å². The van der Waals surface area contributed by atoms with Crippen molar-refractivity contribution in [1.82, 2.24) is 0 Å². The van der Waals surface area contributed by atoms with E-state index in [0.29, 0.717) is 5.56 Å². The number of oxime groups is 1. The predicted molar refractivity (Wildman–Crippen MR) is 50.8 cm³/mol. The summed E-state index contributed by atoms with van der Waals surface area (Å²) in [6, 6.07) is 8.43. The minimum atomic E-state index is -4.64. The van der Waals surface area contributed by atoms with Crippen LogP contribution in [0.5, 0.6) is 0 Å². The maximum absolute atomic E-state index is 12.1. The van der Waals surface area contributed by atoms with Crippen LogP contribution < -0.4 is 0 Å². The van der Waals surface area contributed by atoms with Crippen LogP contribution in [-0.4, -0.2) is 17.1 Å². The van der Waals surface area contributed by atoms with Gasteiger partial charge in [0.15, 0.2) is 5.71 Å². The Balaban J connectivity index is 2.82. The average Bonchev–Trinajstić information content (AvgIpc) is 2.18. The van der Waals surface area contributed by atoms with Crippen molar-refractivity contribution in [1.29, 1.82) is 0 Å². The van der Waals surface area contributed by atoms with Gasteiger partial charge < -0.3 is 5.21 Å². The number of hydrogen-bond donors (Lipinski definition) is 1. The summed E-state index contributed by atoms with van der Waals surface area (Å²) in [5.74, 6) is 0. The zero-order valence-corrected chi connectivity index (χ0v) is 7.57. The van der Waals surface area contributed by atoms with E-state index in [0.717, 1.165) is 6.08 Å². The Bertz CT molecular complexity index is 368. The lowest BCUT2D eigenvalue weighted by atomic mass is 10.2. The van der Waals surface area contributed by atoms with Crippen molar-refractivity contribution < 1.29 is 18.4 Å². The molecule has 0 amide bonds. The Morgan fingerprint density at radius 2 is 1.80 bits per heavy atom. The second-order valence-corrected chi connectivity index (χ2v) is 2.73. The fraction of sp³-hybridized carbons (Fsp3) is 0.100. The summed E-state index contributed by atoms with van der Waals surface area (Å²) in [4.78, 5) is 0. The van der Waals surface area contributed by atoms with Crippen molar-refractivity contribution in [3.8, 4) is 0 Å². The molecule has 1 aromatic carbocycles. The Morgan fingerprint density at radius 3 is 2.27 bits per heavy atom. The molecule has 5 heteroatoms. The van der Waals surface area contributed by atoms with Gasteiger partial charge in [0.25, 0.3) is 0 Å². The van der Waals surface area contributed by atoms with Gasteiger partial charge in [-0.15, -0.1) is 0 Å². The van der Waals surface area contributed by atoms with Gasteiger partial charge in [-0.1, -0.05) is 41.6 Å². The van der Waals surface area contributed by atoms with Crippen molar-refractivity contribution in [2.45, 2.75) is 6.18 Å². The smallest absolute Gasteiger partial charge is 0.410 e. The number of allylic oxidation sites excluding steroid dienone is 1. The minimum absolute atomic E-state index is 0.600. The lowest BCUT2D eigenvalue weighted by Crippen LogP contribution is -2.20. The van der Waals surface area contributed by atoms with Crippen LogP contribution in [0.25, 0.3) is 6.08 Å². The zero-order valence-electron chi connectivity index (χ0n) is 7.57. The second kappa shape index (κ2) is 4.63. The standard InChI is InChI=1S/C10H8F3NO/c11-10(12,13)9(14-15)7-6-8-4-2-1-3-5-8/h1-7,15H/b7-6+,14-9-. The van der Waals surface area contributed by atoms with Gasteiger partial charge in [-0.2, -0.15) is 13.2 Å². The van der Waals surface area contributed by atoms with Gasteiger partial charge in [0, 0.05) is 0 Å². The molecular formula is C10H8F3NO. The van der Waals surface area contributed by atoms with Crippen LogP contribution in [0.3, 0.4) is 0 Å². The van der Waals surface area contributed by atoms with Crippen molar-refractivity contribution in [2.75, 3.05) is 0 Å². The molecular weight excluding hydrogens is 207 g/mol. The van der Waals surface area contributed by atoms with Crippen LogP contribution in [0.1, 0.15) is 5.56 Å². The average molecular weight is 215 g/mol. The molecule has 0 fully saturated rings. The number of halogens is 3. The summed E-state index contributed by atoms with van der Waals surface area (Å²) in [5.41, 5.74) is -0.728. The van der Waals surface area contributed by atoms with E-state index in [2.05, 4.69) is 5.16 Å². The molecule has 80 valence electrons. The SMILES string of the molecule is O/N=C(/C=C/c1ccccc1)C(F)(F)F. The third-order valence-electron chi connectivity index (χ3n) is 1.63. The van der Waals surface area contributed by atoms with Crippen LogP contribution in [0, 0.1) is 0 Å². The first-order valence-electron chi connectivity index (χ1n) is 4.06. The quantitative estimate of drug-likeness (QED) is 0.459. The summed E-state index contributed by atoms with van der Waals surface area (Å²) in [5, 5.41) is 10.3. The van der Waals surface area contributed by atoms with E-state index in [1.54, 1.807) is 30.3 Å². The van der Waals surface area contributed by atoms with Gasteiger partial charge in [0.1, 0.15) is 0 Å². The van der Waals surface area contributed by atoms with Crippen molar-refractivity contribution in [3.63, 3.8) is 0 Å². The van der Waals surface area contributed by atoms with Crippen LogP contribution in [0.15, 0.2) is 41.6 Å². The largest absolute Gasteiger partial charge is 0.436 e. The molecule has 1 rings (SSSR count). The molecule has 0 radical (unpaired) electrons. The first-order chi connectivity index (χ1) is 7.04. The van der Waals surface area contributed by atoms with Crippen LogP contribution in [0.2, 0.25) is 0 Å². The zero-order chi connectivity index (χ0) is 11.3. The van der Waals surface area contributed by atoms with E-state index in [9.17, 15) is 13.2 Å². The Hall–Kier alpha value is -1.78. The van der Waals surface area contributed by atoms with Crippen molar-refractivity contribution >= 4 is 11.8 Å². The van der Waals surface area contributed by atoms with E-state index >= 15 is 0 Å². The maximum Gasteiger partial charge on any atom is 0.436 e. The first-order valence-corrected chi connectivity index (χ1v) is 4.06. The third-order valence-corrected chi connectivity index (χ3v) is 1.63. The monoisotopic (exact) mass is 215 g/mol. The summed E-state index contributed by atoms with van der Waals surface area (Å²) in [7, 11) is 0.